The standard InChI is InChI=1S/C17H19ClN4O2S/c1-9-5-17(15-10(2-3-24-17)4-14(18)25-15)6-11(22-9)12-7-21-13(8-20-12)16(19)23/h4,7-9,11,22H,2-3,5-6H2,1H3,(H2,19,23). The fourth-order valence-corrected chi connectivity index (χ4v) is 5.36. The first-order valence-electron chi connectivity index (χ1n) is 8.27. The molecular weight excluding hydrogens is 360 g/mol. The number of nitrogens with two attached hydrogens (primary N) is 1. The average Bonchev–Trinajstić information content (AvgIpc) is 2.96. The number of primary amides is 1. The summed E-state index contributed by atoms with van der Waals surface area (Å²) in [6, 6.07) is 2.31. The van der Waals surface area contributed by atoms with E-state index < -0.39 is 5.91 Å². The number of nitrogens with zero attached hydrogens (tertiary/aromatic N) is 2. The van der Waals surface area contributed by atoms with Crippen molar-refractivity contribution >= 4 is 28.8 Å². The monoisotopic (exact) mass is 378 g/mol. The molecule has 132 valence electrons. The van der Waals surface area contributed by atoms with Crippen molar-refractivity contribution in [3.8, 4) is 0 Å². The summed E-state index contributed by atoms with van der Waals surface area (Å²) in [6.07, 6.45) is 5.60. The number of piperidine rings is 1. The van der Waals surface area contributed by atoms with E-state index in [2.05, 4.69) is 28.3 Å². The lowest BCUT2D eigenvalue weighted by molar-refractivity contribution is -0.0958. The number of ether oxygens (including phenoxy) is 1. The largest absolute Gasteiger partial charge is 0.369 e. The number of rotatable bonds is 2. The third-order valence-electron chi connectivity index (χ3n) is 4.88. The van der Waals surface area contributed by atoms with E-state index in [0.717, 1.165) is 29.3 Å². The van der Waals surface area contributed by atoms with Gasteiger partial charge in [-0.2, -0.15) is 0 Å². The van der Waals surface area contributed by atoms with Crippen LogP contribution < -0.4 is 11.1 Å². The van der Waals surface area contributed by atoms with Gasteiger partial charge in [-0.1, -0.05) is 11.6 Å². The molecule has 2 aliphatic rings. The van der Waals surface area contributed by atoms with Crippen LogP contribution in [-0.2, 0) is 16.8 Å². The Morgan fingerprint density at radius 1 is 1.44 bits per heavy atom. The molecule has 1 amide bonds. The van der Waals surface area contributed by atoms with Crippen molar-refractivity contribution in [3.63, 3.8) is 0 Å². The highest BCUT2D eigenvalue weighted by atomic mass is 35.5. The smallest absolute Gasteiger partial charge is 0.268 e. The van der Waals surface area contributed by atoms with Crippen LogP contribution >= 0.6 is 22.9 Å². The number of carbonyl (C=O) groups excluding carboxylic acids is 1. The van der Waals surface area contributed by atoms with E-state index in [1.165, 1.54) is 16.6 Å². The Hall–Kier alpha value is -1.54. The third-order valence-corrected chi connectivity index (χ3v) is 6.37. The van der Waals surface area contributed by atoms with Crippen LogP contribution in [0.15, 0.2) is 18.5 Å². The maximum Gasteiger partial charge on any atom is 0.268 e. The lowest BCUT2D eigenvalue weighted by Crippen LogP contribution is -2.49. The van der Waals surface area contributed by atoms with Gasteiger partial charge in [-0.3, -0.25) is 9.78 Å². The first kappa shape index (κ1) is 16.9. The predicted molar refractivity (Wildman–Crippen MR) is 95.8 cm³/mol. The van der Waals surface area contributed by atoms with Crippen LogP contribution in [0.4, 0.5) is 0 Å². The van der Waals surface area contributed by atoms with Gasteiger partial charge >= 0.3 is 0 Å². The molecule has 1 spiro atoms. The van der Waals surface area contributed by atoms with Crippen molar-refractivity contribution in [2.75, 3.05) is 6.61 Å². The van der Waals surface area contributed by atoms with Crippen LogP contribution in [0.25, 0.3) is 0 Å². The summed E-state index contributed by atoms with van der Waals surface area (Å²) in [7, 11) is 0. The van der Waals surface area contributed by atoms with Crippen LogP contribution in [0.3, 0.4) is 0 Å². The molecule has 1 fully saturated rings. The van der Waals surface area contributed by atoms with Crippen LogP contribution in [0.2, 0.25) is 4.34 Å². The van der Waals surface area contributed by atoms with Crippen molar-refractivity contribution in [2.45, 2.75) is 43.9 Å². The quantitative estimate of drug-likeness (QED) is 0.838. The SMILES string of the molecule is CC1CC2(CC(c3cnc(C(N)=O)cn3)N1)OCCc1cc(Cl)sc12. The van der Waals surface area contributed by atoms with E-state index in [0.29, 0.717) is 6.61 Å². The molecule has 0 bridgehead atoms. The Labute approximate surface area is 154 Å². The maximum atomic E-state index is 11.2. The third kappa shape index (κ3) is 3.06. The van der Waals surface area contributed by atoms with Gasteiger partial charge in [0, 0.05) is 17.3 Å². The van der Waals surface area contributed by atoms with Crippen LogP contribution in [0.1, 0.15) is 52.4 Å². The second kappa shape index (κ2) is 6.32. The molecule has 3 atom stereocenters. The van der Waals surface area contributed by atoms with Crippen LogP contribution in [0.5, 0.6) is 0 Å². The number of thiophene rings is 1. The van der Waals surface area contributed by atoms with Gasteiger partial charge < -0.3 is 15.8 Å². The second-order valence-electron chi connectivity index (χ2n) is 6.72. The van der Waals surface area contributed by atoms with Gasteiger partial charge in [0.05, 0.1) is 35.1 Å². The Morgan fingerprint density at radius 2 is 2.28 bits per heavy atom. The Bertz CT molecular complexity index is 809. The molecule has 0 radical (unpaired) electrons. The molecule has 1 saturated heterocycles. The highest BCUT2D eigenvalue weighted by Gasteiger charge is 2.46. The zero-order valence-corrected chi connectivity index (χ0v) is 15.4. The Kier molecular flexibility index (Phi) is 4.27. The number of carbonyl (C=O) groups is 1. The van der Waals surface area contributed by atoms with Crippen LogP contribution in [-0.4, -0.2) is 28.5 Å². The topological polar surface area (TPSA) is 90.1 Å². The number of hydrogen-bond acceptors (Lipinski definition) is 6. The molecule has 0 saturated carbocycles. The molecule has 0 aliphatic carbocycles. The number of amides is 1. The molecular formula is C17H19ClN4O2S. The summed E-state index contributed by atoms with van der Waals surface area (Å²) in [5.74, 6) is -0.575. The summed E-state index contributed by atoms with van der Waals surface area (Å²) >= 11 is 7.89. The summed E-state index contributed by atoms with van der Waals surface area (Å²) in [5, 5.41) is 3.56. The van der Waals surface area contributed by atoms with Crippen molar-refractivity contribution in [2.24, 2.45) is 5.73 Å². The summed E-state index contributed by atoms with van der Waals surface area (Å²) in [5.41, 5.74) is 7.15. The molecule has 2 aliphatic heterocycles. The second-order valence-corrected chi connectivity index (χ2v) is 8.40. The fraction of sp³-hybridized carbons (Fsp3) is 0.471. The van der Waals surface area contributed by atoms with Gasteiger partial charge in [-0.25, -0.2) is 4.98 Å². The molecule has 25 heavy (non-hydrogen) atoms. The van der Waals surface area contributed by atoms with E-state index in [1.807, 2.05) is 0 Å². The summed E-state index contributed by atoms with van der Waals surface area (Å²) in [4.78, 5) is 21.0. The zero-order valence-electron chi connectivity index (χ0n) is 13.8. The molecule has 2 aromatic rings. The molecule has 8 heteroatoms. The average molecular weight is 379 g/mol. The first-order chi connectivity index (χ1) is 12.0. The lowest BCUT2D eigenvalue weighted by Gasteiger charge is -2.45. The molecule has 4 heterocycles. The van der Waals surface area contributed by atoms with Crippen molar-refractivity contribution in [3.05, 3.63) is 44.6 Å². The zero-order chi connectivity index (χ0) is 17.6. The summed E-state index contributed by atoms with van der Waals surface area (Å²) < 4.78 is 7.13. The molecule has 3 N–H and O–H groups in total. The maximum absolute atomic E-state index is 11.2. The number of hydrogen-bond donors (Lipinski definition) is 2. The van der Waals surface area contributed by atoms with Gasteiger partial charge in [0.15, 0.2) is 0 Å². The number of fused-ring (bicyclic) bond motifs is 2. The van der Waals surface area contributed by atoms with E-state index in [-0.39, 0.29) is 23.4 Å². The summed E-state index contributed by atoms with van der Waals surface area (Å²) in [6.45, 7) is 2.85. The number of aromatic nitrogens is 2. The highest BCUT2D eigenvalue weighted by Crippen LogP contribution is 2.49. The Balaban J connectivity index is 1.67. The molecule has 2 aromatic heterocycles. The number of halogens is 1. The van der Waals surface area contributed by atoms with Gasteiger partial charge in [0.25, 0.3) is 5.91 Å². The van der Waals surface area contributed by atoms with Gasteiger partial charge in [-0.15, -0.1) is 11.3 Å². The normalized spacial score (nSPS) is 28.7. The van der Waals surface area contributed by atoms with E-state index in [1.54, 1.807) is 17.5 Å². The first-order valence-corrected chi connectivity index (χ1v) is 9.47. The minimum atomic E-state index is -0.575. The Morgan fingerprint density at radius 3 is 3.00 bits per heavy atom. The predicted octanol–water partition coefficient (Wildman–Crippen LogP) is 2.57. The lowest BCUT2D eigenvalue weighted by atomic mass is 9.79. The van der Waals surface area contributed by atoms with E-state index in [4.69, 9.17) is 22.1 Å². The molecule has 3 unspecified atom stereocenters. The van der Waals surface area contributed by atoms with E-state index in [9.17, 15) is 4.79 Å². The molecule has 0 aromatic carbocycles. The minimum absolute atomic E-state index is 0.00926. The highest BCUT2D eigenvalue weighted by molar-refractivity contribution is 7.16. The molecule has 4 rings (SSSR count). The van der Waals surface area contributed by atoms with Crippen molar-refractivity contribution < 1.29 is 9.53 Å². The van der Waals surface area contributed by atoms with Gasteiger partial charge in [0.1, 0.15) is 11.3 Å². The minimum Gasteiger partial charge on any atom is -0.369 e. The molecule has 6 nitrogen and oxygen atoms in total. The van der Waals surface area contributed by atoms with Crippen molar-refractivity contribution in [1.82, 2.24) is 15.3 Å². The van der Waals surface area contributed by atoms with Crippen LogP contribution in [0, 0.1) is 0 Å². The fourth-order valence-electron chi connectivity index (χ4n) is 3.90. The van der Waals surface area contributed by atoms with Gasteiger partial charge in [0.2, 0.25) is 0 Å². The van der Waals surface area contributed by atoms with Gasteiger partial charge in [-0.05, 0) is 31.4 Å². The number of nitrogens with one attached hydrogen (secondary N) is 1. The van der Waals surface area contributed by atoms with Crippen molar-refractivity contribution in [1.29, 1.82) is 0 Å². The van der Waals surface area contributed by atoms with E-state index >= 15 is 0 Å².